The zero-order valence-corrected chi connectivity index (χ0v) is 11.9. The van der Waals surface area contributed by atoms with Gasteiger partial charge in [-0.05, 0) is 31.0 Å². The van der Waals surface area contributed by atoms with Gasteiger partial charge in [-0.15, -0.1) is 0 Å². The molecule has 2 heterocycles. The van der Waals surface area contributed by atoms with E-state index in [1.54, 1.807) is 6.20 Å². The van der Waals surface area contributed by atoms with E-state index in [4.69, 9.17) is 0 Å². The zero-order chi connectivity index (χ0) is 14.7. The highest BCUT2D eigenvalue weighted by molar-refractivity contribution is 5.21. The average Bonchev–Trinajstić information content (AvgIpc) is 2.48. The van der Waals surface area contributed by atoms with E-state index in [1.165, 1.54) is 11.6 Å². The van der Waals surface area contributed by atoms with Crippen molar-refractivity contribution in [2.45, 2.75) is 25.0 Å². The topological polar surface area (TPSA) is 36.4 Å². The van der Waals surface area contributed by atoms with Crippen LogP contribution in [0.1, 0.15) is 24.0 Å². The first-order valence-corrected chi connectivity index (χ1v) is 7.25. The van der Waals surface area contributed by atoms with Crippen molar-refractivity contribution in [1.82, 2.24) is 9.88 Å². The molecule has 0 saturated carbocycles. The van der Waals surface area contributed by atoms with E-state index >= 15 is 0 Å². The molecule has 3 rings (SSSR count). The van der Waals surface area contributed by atoms with Gasteiger partial charge in [-0.25, -0.2) is 4.39 Å². The molecule has 0 bridgehead atoms. The van der Waals surface area contributed by atoms with Crippen molar-refractivity contribution in [3.8, 4) is 0 Å². The maximum Gasteiger partial charge on any atom is 0.141 e. The molecule has 2 aromatic rings. The lowest BCUT2D eigenvalue weighted by Crippen LogP contribution is -2.45. The molecule has 1 aliphatic rings. The molecule has 1 fully saturated rings. The lowest BCUT2D eigenvalue weighted by molar-refractivity contribution is -0.0385. The standard InChI is InChI=1S/C17H19FN2O/c18-16-9-15(10-19-11-16)17(21)7-4-8-20(13-17)12-14-5-2-1-3-6-14/h1-3,5-6,9-11,21H,4,7-8,12-13H2. The van der Waals surface area contributed by atoms with Gasteiger partial charge in [0, 0.05) is 24.8 Å². The van der Waals surface area contributed by atoms with E-state index in [0.29, 0.717) is 18.5 Å². The second kappa shape index (κ2) is 5.92. The Balaban J connectivity index is 1.76. The number of aromatic nitrogens is 1. The smallest absolute Gasteiger partial charge is 0.141 e. The van der Waals surface area contributed by atoms with Crippen LogP contribution in [0, 0.1) is 5.82 Å². The molecule has 0 spiro atoms. The van der Waals surface area contributed by atoms with Gasteiger partial charge in [-0.1, -0.05) is 30.3 Å². The number of nitrogens with zero attached hydrogens (tertiary/aromatic N) is 2. The summed E-state index contributed by atoms with van der Waals surface area (Å²) in [5, 5.41) is 10.9. The number of hydrogen-bond donors (Lipinski definition) is 1. The monoisotopic (exact) mass is 286 g/mol. The summed E-state index contributed by atoms with van der Waals surface area (Å²) in [6, 6.07) is 11.6. The molecule has 1 aromatic heterocycles. The third-order valence-corrected chi connectivity index (χ3v) is 4.04. The number of β-amino-alcohol motifs (C(OH)–C–C–N with tert-alkyl or cyclic N) is 1. The van der Waals surface area contributed by atoms with E-state index in [0.717, 1.165) is 25.7 Å². The van der Waals surface area contributed by atoms with Crippen LogP contribution >= 0.6 is 0 Å². The Morgan fingerprint density at radius 2 is 2.05 bits per heavy atom. The molecular formula is C17H19FN2O. The fourth-order valence-electron chi connectivity index (χ4n) is 3.00. The first kappa shape index (κ1) is 14.2. The van der Waals surface area contributed by atoms with Crippen LogP contribution < -0.4 is 0 Å². The molecular weight excluding hydrogens is 267 g/mol. The van der Waals surface area contributed by atoms with Crippen molar-refractivity contribution in [3.63, 3.8) is 0 Å². The predicted octanol–water partition coefficient (Wildman–Crippen LogP) is 2.70. The summed E-state index contributed by atoms with van der Waals surface area (Å²) in [4.78, 5) is 6.07. The summed E-state index contributed by atoms with van der Waals surface area (Å²) in [6.07, 6.45) is 4.26. The van der Waals surface area contributed by atoms with E-state index in [2.05, 4.69) is 22.0 Å². The maximum atomic E-state index is 13.3. The average molecular weight is 286 g/mol. The molecule has 0 radical (unpaired) electrons. The molecule has 3 nitrogen and oxygen atoms in total. The molecule has 1 saturated heterocycles. The fraction of sp³-hybridized carbons (Fsp3) is 0.353. The molecule has 1 aromatic carbocycles. The van der Waals surface area contributed by atoms with Crippen molar-refractivity contribution in [2.75, 3.05) is 13.1 Å². The van der Waals surface area contributed by atoms with Crippen molar-refractivity contribution in [2.24, 2.45) is 0 Å². The summed E-state index contributed by atoms with van der Waals surface area (Å²) >= 11 is 0. The number of pyridine rings is 1. The number of benzene rings is 1. The minimum absolute atomic E-state index is 0.402. The molecule has 1 atom stereocenters. The number of likely N-dealkylation sites (tertiary alicyclic amines) is 1. The molecule has 0 aliphatic carbocycles. The van der Waals surface area contributed by atoms with E-state index in [9.17, 15) is 9.50 Å². The third kappa shape index (κ3) is 3.28. The molecule has 1 N–H and O–H groups in total. The molecule has 21 heavy (non-hydrogen) atoms. The van der Waals surface area contributed by atoms with Crippen LogP contribution in [-0.4, -0.2) is 28.1 Å². The van der Waals surface area contributed by atoms with Crippen LogP contribution in [-0.2, 0) is 12.1 Å². The Morgan fingerprint density at radius 1 is 1.24 bits per heavy atom. The van der Waals surface area contributed by atoms with Crippen molar-refractivity contribution in [3.05, 3.63) is 65.7 Å². The highest BCUT2D eigenvalue weighted by atomic mass is 19.1. The largest absolute Gasteiger partial charge is 0.384 e. The van der Waals surface area contributed by atoms with Crippen molar-refractivity contribution >= 4 is 0 Å². The highest BCUT2D eigenvalue weighted by Crippen LogP contribution is 2.32. The Bertz CT molecular complexity index is 605. The van der Waals surface area contributed by atoms with Crippen LogP contribution in [0.5, 0.6) is 0 Å². The van der Waals surface area contributed by atoms with Gasteiger partial charge in [0.1, 0.15) is 11.4 Å². The van der Waals surface area contributed by atoms with Crippen LogP contribution in [0.3, 0.4) is 0 Å². The summed E-state index contributed by atoms with van der Waals surface area (Å²) in [5.74, 6) is -0.402. The van der Waals surface area contributed by atoms with E-state index < -0.39 is 11.4 Å². The van der Waals surface area contributed by atoms with Gasteiger partial charge in [0.15, 0.2) is 0 Å². The quantitative estimate of drug-likeness (QED) is 0.942. The molecule has 4 heteroatoms. The Morgan fingerprint density at radius 3 is 2.81 bits per heavy atom. The summed E-state index contributed by atoms with van der Waals surface area (Å²) in [6.45, 7) is 2.25. The number of piperidine rings is 1. The van der Waals surface area contributed by atoms with Gasteiger partial charge in [0.05, 0.1) is 6.20 Å². The lowest BCUT2D eigenvalue weighted by Gasteiger charge is -2.39. The normalized spacial score (nSPS) is 23.1. The van der Waals surface area contributed by atoms with Crippen LogP contribution in [0.4, 0.5) is 4.39 Å². The summed E-state index contributed by atoms with van der Waals surface area (Å²) in [7, 11) is 0. The maximum absolute atomic E-state index is 13.3. The second-order valence-electron chi connectivity index (χ2n) is 5.72. The minimum atomic E-state index is -1.01. The van der Waals surface area contributed by atoms with Gasteiger partial charge in [-0.3, -0.25) is 9.88 Å². The molecule has 0 amide bonds. The highest BCUT2D eigenvalue weighted by Gasteiger charge is 2.35. The van der Waals surface area contributed by atoms with Gasteiger partial charge in [-0.2, -0.15) is 0 Å². The number of aliphatic hydroxyl groups is 1. The van der Waals surface area contributed by atoms with Crippen molar-refractivity contribution < 1.29 is 9.50 Å². The van der Waals surface area contributed by atoms with Gasteiger partial charge < -0.3 is 5.11 Å². The molecule has 1 aliphatic heterocycles. The SMILES string of the molecule is OC1(c2cncc(F)c2)CCCN(Cc2ccccc2)C1. The third-order valence-electron chi connectivity index (χ3n) is 4.04. The first-order valence-electron chi connectivity index (χ1n) is 7.25. The van der Waals surface area contributed by atoms with Gasteiger partial charge in [0.25, 0.3) is 0 Å². The Kier molecular flexibility index (Phi) is 3.99. The van der Waals surface area contributed by atoms with E-state index in [-0.39, 0.29) is 0 Å². The molecule has 110 valence electrons. The molecule has 1 unspecified atom stereocenters. The van der Waals surface area contributed by atoms with Gasteiger partial charge in [0.2, 0.25) is 0 Å². The van der Waals surface area contributed by atoms with Crippen LogP contribution in [0.2, 0.25) is 0 Å². The zero-order valence-electron chi connectivity index (χ0n) is 11.9. The second-order valence-corrected chi connectivity index (χ2v) is 5.72. The lowest BCUT2D eigenvalue weighted by atomic mass is 9.86. The number of rotatable bonds is 3. The predicted molar refractivity (Wildman–Crippen MR) is 79.0 cm³/mol. The minimum Gasteiger partial charge on any atom is -0.384 e. The van der Waals surface area contributed by atoms with E-state index in [1.807, 2.05) is 18.2 Å². The van der Waals surface area contributed by atoms with Crippen LogP contribution in [0.25, 0.3) is 0 Å². The Labute approximate surface area is 124 Å². The number of halogens is 1. The number of hydrogen-bond acceptors (Lipinski definition) is 3. The summed E-state index contributed by atoms with van der Waals surface area (Å²) < 4.78 is 13.3. The first-order chi connectivity index (χ1) is 10.2. The van der Waals surface area contributed by atoms with Crippen LogP contribution in [0.15, 0.2) is 48.8 Å². The van der Waals surface area contributed by atoms with Gasteiger partial charge >= 0.3 is 0 Å². The van der Waals surface area contributed by atoms with Crippen molar-refractivity contribution in [1.29, 1.82) is 0 Å². The summed E-state index contributed by atoms with van der Waals surface area (Å²) in [5.41, 5.74) is 0.779. The Hall–Kier alpha value is -1.78. The fourth-order valence-corrected chi connectivity index (χ4v) is 3.00.